The number of aromatic nitrogens is 3. The molecule has 0 spiro atoms. The first-order chi connectivity index (χ1) is 15.5. The zero-order chi connectivity index (χ0) is 22.9. The van der Waals surface area contributed by atoms with Crippen molar-refractivity contribution in [2.45, 2.75) is 45.2 Å². The average Bonchev–Trinajstić information content (AvgIpc) is 3.21. The minimum atomic E-state index is -0.748. The number of rotatable bonds is 9. The minimum Gasteiger partial charge on any atom is -0.450 e. The molecule has 1 N–H and O–H groups in total. The summed E-state index contributed by atoms with van der Waals surface area (Å²) in [6.45, 7) is 6.10. The number of nitrogens with one attached hydrogen (secondary N) is 1. The van der Waals surface area contributed by atoms with Gasteiger partial charge in [0.15, 0.2) is 11.0 Å². The standard InChI is InChI=1S/C24H28N4O3S/c1-4-6-7-18-10-14-20(15-11-18)28-22(19-12-8-17(3)9-13-19)26-27-23(28)32-16-21(29)25-24(30)31-5-2/h8-15H,4-7,16H2,1-3H3,(H,25,29,30). The summed E-state index contributed by atoms with van der Waals surface area (Å²) < 4.78 is 6.70. The molecule has 0 aliphatic rings. The topological polar surface area (TPSA) is 86.1 Å². The lowest BCUT2D eigenvalue weighted by molar-refractivity contribution is -0.117. The third-order valence-corrected chi connectivity index (χ3v) is 5.73. The van der Waals surface area contributed by atoms with Crippen molar-refractivity contribution in [1.29, 1.82) is 0 Å². The molecule has 168 valence electrons. The van der Waals surface area contributed by atoms with Gasteiger partial charge in [0.25, 0.3) is 0 Å². The summed E-state index contributed by atoms with van der Waals surface area (Å²) in [6, 6.07) is 16.4. The fourth-order valence-corrected chi connectivity index (χ4v) is 3.88. The van der Waals surface area contributed by atoms with Crippen molar-refractivity contribution >= 4 is 23.8 Å². The quantitative estimate of drug-likeness (QED) is 0.462. The highest BCUT2D eigenvalue weighted by atomic mass is 32.2. The highest BCUT2D eigenvalue weighted by Crippen LogP contribution is 2.28. The number of carbonyl (C=O) groups is 2. The fourth-order valence-electron chi connectivity index (χ4n) is 3.13. The molecule has 1 heterocycles. The number of imide groups is 1. The molecule has 2 aromatic carbocycles. The molecule has 0 aliphatic heterocycles. The molecule has 0 bridgehead atoms. The lowest BCUT2D eigenvalue weighted by Gasteiger charge is -2.11. The monoisotopic (exact) mass is 452 g/mol. The van der Waals surface area contributed by atoms with Crippen LogP contribution in [-0.4, -0.2) is 39.1 Å². The van der Waals surface area contributed by atoms with Gasteiger partial charge in [-0.05, 0) is 44.4 Å². The number of alkyl carbamates (subject to hydrolysis) is 1. The Morgan fingerprint density at radius 3 is 2.41 bits per heavy atom. The van der Waals surface area contributed by atoms with Crippen molar-refractivity contribution in [1.82, 2.24) is 20.1 Å². The van der Waals surface area contributed by atoms with Gasteiger partial charge in [-0.3, -0.25) is 14.7 Å². The molecule has 1 aromatic heterocycles. The number of benzene rings is 2. The molecule has 32 heavy (non-hydrogen) atoms. The Labute approximate surface area is 192 Å². The van der Waals surface area contributed by atoms with E-state index < -0.39 is 12.0 Å². The molecule has 0 radical (unpaired) electrons. The number of amides is 2. The van der Waals surface area contributed by atoms with Gasteiger partial charge in [0, 0.05) is 11.3 Å². The van der Waals surface area contributed by atoms with Gasteiger partial charge in [-0.15, -0.1) is 10.2 Å². The summed E-state index contributed by atoms with van der Waals surface area (Å²) in [5, 5.41) is 11.5. The Kier molecular flexibility index (Phi) is 8.44. The van der Waals surface area contributed by atoms with Crippen LogP contribution in [-0.2, 0) is 16.0 Å². The number of carbonyl (C=O) groups excluding carboxylic acids is 2. The van der Waals surface area contributed by atoms with E-state index in [4.69, 9.17) is 4.74 Å². The number of nitrogens with zero attached hydrogens (tertiary/aromatic N) is 3. The Balaban J connectivity index is 1.87. The first-order valence-corrected chi connectivity index (χ1v) is 11.7. The van der Waals surface area contributed by atoms with Crippen LogP contribution >= 0.6 is 11.8 Å². The molecule has 7 nitrogen and oxygen atoms in total. The van der Waals surface area contributed by atoms with Gasteiger partial charge in [0.1, 0.15) is 0 Å². The number of hydrogen-bond donors (Lipinski definition) is 1. The zero-order valence-corrected chi connectivity index (χ0v) is 19.4. The normalized spacial score (nSPS) is 10.7. The minimum absolute atomic E-state index is 0.0133. The third-order valence-electron chi connectivity index (χ3n) is 4.81. The van der Waals surface area contributed by atoms with Crippen molar-refractivity contribution in [3.05, 3.63) is 59.7 Å². The van der Waals surface area contributed by atoms with Gasteiger partial charge in [-0.25, -0.2) is 4.79 Å². The smallest absolute Gasteiger partial charge is 0.413 e. The second kappa shape index (κ2) is 11.5. The van der Waals surface area contributed by atoms with Crippen LogP contribution in [0.5, 0.6) is 0 Å². The molecule has 2 amide bonds. The molecule has 0 fully saturated rings. The predicted molar refractivity (Wildman–Crippen MR) is 126 cm³/mol. The Bertz CT molecular complexity index is 1050. The van der Waals surface area contributed by atoms with Crippen LogP contribution in [0, 0.1) is 6.92 Å². The van der Waals surface area contributed by atoms with Gasteiger partial charge < -0.3 is 4.74 Å². The molecular formula is C24H28N4O3S. The van der Waals surface area contributed by atoms with Crippen LogP contribution in [0.2, 0.25) is 0 Å². The molecular weight excluding hydrogens is 424 g/mol. The summed E-state index contributed by atoms with van der Waals surface area (Å²) in [5.41, 5.74) is 4.29. The molecule has 0 saturated heterocycles. The highest BCUT2D eigenvalue weighted by Gasteiger charge is 2.18. The second-order valence-electron chi connectivity index (χ2n) is 7.33. The molecule has 0 atom stereocenters. The van der Waals surface area contributed by atoms with E-state index in [9.17, 15) is 9.59 Å². The van der Waals surface area contributed by atoms with Gasteiger partial charge >= 0.3 is 6.09 Å². The predicted octanol–water partition coefficient (Wildman–Crippen LogP) is 4.95. The van der Waals surface area contributed by atoms with Crippen molar-refractivity contribution in [3.8, 4) is 17.1 Å². The number of aryl methyl sites for hydroxylation is 2. The third kappa shape index (κ3) is 6.20. The van der Waals surface area contributed by atoms with Crippen molar-refractivity contribution in [3.63, 3.8) is 0 Å². The van der Waals surface area contributed by atoms with Gasteiger partial charge in [0.05, 0.1) is 12.4 Å². The van der Waals surface area contributed by atoms with Crippen LogP contribution in [0.25, 0.3) is 17.1 Å². The van der Waals surface area contributed by atoms with Crippen LogP contribution < -0.4 is 5.32 Å². The number of thioether (sulfide) groups is 1. The van der Waals surface area contributed by atoms with Crippen LogP contribution in [0.3, 0.4) is 0 Å². The average molecular weight is 453 g/mol. The van der Waals surface area contributed by atoms with Gasteiger partial charge in [-0.2, -0.15) is 0 Å². The van der Waals surface area contributed by atoms with Gasteiger partial charge in [-0.1, -0.05) is 67.1 Å². The van der Waals surface area contributed by atoms with E-state index >= 15 is 0 Å². The van der Waals surface area contributed by atoms with E-state index in [1.54, 1.807) is 6.92 Å². The molecule has 0 aliphatic carbocycles. The van der Waals surface area contributed by atoms with E-state index in [-0.39, 0.29) is 12.4 Å². The van der Waals surface area contributed by atoms with E-state index in [1.807, 2.05) is 35.8 Å². The summed E-state index contributed by atoms with van der Waals surface area (Å²) >= 11 is 1.22. The Morgan fingerprint density at radius 1 is 1.03 bits per heavy atom. The summed E-state index contributed by atoms with van der Waals surface area (Å²) in [7, 11) is 0. The van der Waals surface area contributed by atoms with E-state index in [0.717, 1.165) is 36.1 Å². The van der Waals surface area contributed by atoms with Crippen LogP contribution in [0.4, 0.5) is 4.79 Å². The number of ether oxygens (including phenoxy) is 1. The maximum absolute atomic E-state index is 12.1. The SMILES string of the molecule is CCCCc1ccc(-n2c(SCC(=O)NC(=O)OCC)nnc2-c2ccc(C)cc2)cc1. The Hall–Kier alpha value is -3.13. The lowest BCUT2D eigenvalue weighted by Crippen LogP contribution is -2.32. The Morgan fingerprint density at radius 2 is 1.75 bits per heavy atom. The fraction of sp³-hybridized carbons (Fsp3) is 0.333. The van der Waals surface area contributed by atoms with E-state index in [2.05, 4.69) is 46.7 Å². The van der Waals surface area contributed by atoms with Crippen molar-refractivity contribution in [2.24, 2.45) is 0 Å². The second-order valence-corrected chi connectivity index (χ2v) is 8.28. The highest BCUT2D eigenvalue weighted by molar-refractivity contribution is 7.99. The van der Waals surface area contributed by atoms with Gasteiger partial charge in [0.2, 0.25) is 5.91 Å². The molecule has 0 saturated carbocycles. The summed E-state index contributed by atoms with van der Waals surface area (Å²) in [6.07, 6.45) is 2.60. The van der Waals surface area contributed by atoms with E-state index in [0.29, 0.717) is 11.0 Å². The first kappa shape index (κ1) is 23.5. The molecule has 3 rings (SSSR count). The van der Waals surface area contributed by atoms with Crippen molar-refractivity contribution < 1.29 is 14.3 Å². The first-order valence-electron chi connectivity index (χ1n) is 10.7. The van der Waals surface area contributed by atoms with E-state index in [1.165, 1.54) is 17.3 Å². The maximum atomic E-state index is 12.1. The maximum Gasteiger partial charge on any atom is 0.413 e. The summed E-state index contributed by atoms with van der Waals surface area (Å²) in [4.78, 5) is 23.6. The lowest BCUT2D eigenvalue weighted by atomic mass is 10.1. The number of unbranched alkanes of at least 4 members (excludes halogenated alkanes) is 1. The van der Waals surface area contributed by atoms with Crippen LogP contribution in [0.1, 0.15) is 37.8 Å². The van der Waals surface area contributed by atoms with Crippen molar-refractivity contribution in [2.75, 3.05) is 12.4 Å². The zero-order valence-electron chi connectivity index (χ0n) is 18.6. The largest absolute Gasteiger partial charge is 0.450 e. The molecule has 3 aromatic rings. The molecule has 8 heteroatoms. The molecule has 0 unspecified atom stereocenters. The summed E-state index contributed by atoms with van der Waals surface area (Å²) in [5.74, 6) is 0.258. The number of hydrogen-bond acceptors (Lipinski definition) is 6. The van der Waals surface area contributed by atoms with Crippen LogP contribution in [0.15, 0.2) is 53.7 Å².